The summed E-state index contributed by atoms with van der Waals surface area (Å²) in [6, 6.07) is 14.3. The topological polar surface area (TPSA) is 156 Å². The maximum Gasteiger partial charge on any atom is 0.408 e. The van der Waals surface area contributed by atoms with E-state index in [2.05, 4.69) is 10.0 Å². The molecule has 0 radical (unpaired) electrons. The number of methoxy groups -OCH3 is 1. The molecule has 11 nitrogen and oxygen atoms in total. The number of rotatable bonds is 15. The van der Waals surface area contributed by atoms with Gasteiger partial charge in [0, 0.05) is 30.1 Å². The fourth-order valence-electron chi connectivity index (χ4n) is 4.89. The molecule has 0 aliphatic carbocycles. The fourth-order valence-corrected chi connectivity index (χ4v) is 6.53. The first-order chi connectivity index (χ1) is 19.1. The second-order valence-corrected chi connectivity index (χ2v) is 13.8. The highest BCUT2D eigenvalue weighted by Crippen LogP contribution is 2.30. The van der Waals surface area contributed by atoms with E-state index in [1.165, 1.54) is 28.4 Å². The van der Waals surface area contributed by atoms with E-state index in [0.29, 0.717) is 18.6 Å². The van der Waals surface area contributed by atoms with Gasteiger partial charge in [0.2, 0.25) is 10.0 Å². The summed E-state index contributed by atoms with van der Waals surface area (Å²) in [5, 5.41) is 25.4. The Bertz CT molecular complexity index is 1270. The number of azide groups is 1. The number of carbonyl (C=O) groups is 1. The summed E-state index contributed by atoms with van der Waals surface area (Å²) in [5.41, 5.74) is 8.00. The molecule has 0 saturated carbocycles. The van der Waals surface area contributed by atoms with Gasteiger partial charge in [-0.05, 0) is 80.8 Å². The van der Waals surface area contributed by atoms with Crippen LogP contribution in [0.5, 0.6) is 5.75 Å². The van der Waals surface area contributed by atoms with Gasteiger partial charge < -0.3 is 14.9 Å². The predicted octanol–water partition coefficient (Wildman–Crippen LogP) is 5.55. The molecule has 12 heteroatoms. The van der Waals surface area contributed by atoms with Crippen LogP contribution >= 0.6 is 0 Å². The summed E-state index contributed by atoms with van der Waals surface area (Å²) in [6.45, 7) is 9.05. The van der Waals surface area contributed by atoms with Gasteiger partial charge in [-0.15, -0.1) is 0 Å². The van der Waals surface area contributed by atoms with E-state index in [9.17, 15) is 23.4 Å². The number of amides is 1. The van der Waals surface area contributed by atoms with E-state index >= 15 is 0 Å². The number of hydrogen-bond acceptors (Lipinski definition) is 6. The molecule has 0 saturated heterocycles. The van der Waals surface area contributed by atoms with Crippen LogP contribution in [0.3, 0.4) is 0 Å². The minimum atomic E-state index is -4.11. The smallest absolute Gasteiger partial charge is 0.408 e. The van der Waals surface area contributed by atoms with Crippen molar-refractivity contribution in [1.82, 2.24) is 9.21 Å². The van der Waals surface area contributed by atoms with Crippen LogP contribution in [0.15, 0.2) is 64.6 Å². The molecule has 1 amide bonds. The standard InChI is InChI=1S/C29H43N5O6S/c1-28(2,3)34(27(36)37)25(19-22-11-8-7-9-12-22)26(35)20-33(21-29(4,5)17-10-18-31-32-30)41(38,39)24-15-13-23(40-6)14-16-24/h7-9,11-16,25-26,35H,10,17-21H2,1-6H3,(H,36,37)/t25-,26+/m0/s1. The first kappa shape index (κ1) is 33.9. The molecule has 2 aromatic rings. The van der Waals surface area contributed by atoms with Crippen molar-refractivity contribution >= 4 is 16.1 Å². The highest BCUT2D eigenvalue weighted by molar-refractivity contribution is 7.89. The Kier molecular flexibility index (Phi) is 12.0. The van der Waals surface area contributed by atoms with E-state index in [1.807, 2.05) is 44.2 Å². The second-order valence-electron chi connectivity index (χ2n) is 11.8. The van der Waals surface area contributed by atoms with Crippen LogP contribution in [-0.4, -0.2) is 78.4 Å². The van der Waals surface area contributed by atoms with Crippen LogP contribution in [0.4, 0.5) is 4.79 Å². The van der Waals surface area contributed by atoms with E-state index in [0.717, 1.165) is 5.56 Å². The molecule has 2 rings (SSSR count). The number of aliphatic hydroxyl groups excluding tert-OH is 1. The van der Waals surface area contributed by atoms with Crippen molar-refractivity contribution in [2.24, 2.45) is 10.5 Å². The summed E-state index contributed by atoms with van der Waals surface area (Å²) in [6.07, 6.45) is -1.24. The van der Waals surface area contributed by atoms with Gasteiger partial charge in [0.25, 0.3) is 0 Å². The Morgan fingerprint density at radius 3 is 2.20 bits per heavy atom. The number of hydrogen-bond donors (Lipinski definition) is 2. The van der Waals surface area contributed by atoms with Crippen molar-refractivity contribution in [2.75, 3.05) is 26.7 Å². The number of aliphatic hydroxyl groups is 1. The SMILES string of the molecule is COc1ccc(S(=O)(=O)N(C[C@@H](O)[C@H](Cc2ccccc2)N(C(=O)O)C(C)(C)C)CC(C)(C)CCCN=[N+]=[N-])cc1. The van der Waals surface area contributed by atoms with Crippen LogP contribution in [0.1, 0.15) is 53.0 Å². The number of carboxylic acid groups (broad SMARTS) is 1. The summed E-state index contributed by atoms with van der Waals surface area (Å²) in [7, 11) is -2.62. The lowest BCUT2D eigenvalue weighted by molar-refractivity contribution is -0.00112. The molecule has 2 aromatic carbocycles. The molecule has 0 bridgehead atoms. The summed E-state index contributed by atoms with van der Waals surface area (Å²) < 4.78 is 34.4. The predicted molar refractivity (Wildman–Crippen MR) is 158 cm³/mol. The summed E-state index contributed by atoms with van der Waals surface area (Å²) >= 11 is 0. The summed E-state index contributed by atoms with van der Waals surface area (Å²) in [4.78, 5) is 16.5. The molecule has 0 aliphatic rings. The Morgan fingerprint density at radius 1 is 1.07 bits per heavy atom. The molecule has 2 N–H and O–H groups in total. The molecular weight excluding hydrogens is 546 g/mol. The quantitative estimate of drug-likeness (QED) is 0.120. The molecule has 2 atom stereocenters. The van der Waals surface area contributed by atoms with Gasteiger partial charge >= 0.3 is 6.09 Å². The van der Waals surface area contributed by atoms with Gasteiger partial charge in [0.05, 0.1) is 24.2 Å². The van der Waals surface area contributed by atoms with Crippen molar-refractivity contribution < 1.29 is 28.2 Å². The largest absolute Gasteiger partial charge is 0.497 e. The van der Waals surface area contributed by atoms with Crippen LogP contribution in [0.25, 0.3) is 10.4 Å². The van der Waals surface area contributed by atoms with E-state index in [4.69, 9.17) is 10.3 Å². The van der Waals surface area contributed by atoms with Crippen LogP contribution < -0.4 is 4.74 Å². The Morgan fingerprint density at radius 2 is 1.68 bits per heavy atom. The first-order valence-electron chi connectivity index (χ1n) is 13.5. The maximum absolute atomic E-state index is 14.0. The third-order valence-corrected chi connectivity index (χ3v) is 8.69. The molecule has 226 valence electrons. The van der Waals surface area contributed by atoms with E-state index < -0.39 is 39.2 Å². The van der Waals surface area contributed by atoms with Crippen molar-refractivity contribution in [1.29, 1.82) is 0 Å². The van der Waals surface area contributed by atoms with Gasteiger partial charge in [-0.1, -0.05) is 49.3 Å². The Balaban J connectivity index is 2.52. The van der Waals surface area contributed by atoms with Gasteiger partial charge in [-0.3, -0.25) is 4.90 Å². The highest BCUT2D eigenvalue weighted by Gasteiger charge is 2.40. The van der Waals surface area contributed by atoms with Crippen LogP contribution in [0.2, 0.25) is 0 Å². The number of ether oxygens (including phenoxy) is 1. The van der Waals surface area contributed by atoms with Crippen molar-refractivity contribution in [3.05, 3.63) is 70.6 Å². The first-order valence-corrected chi connectivity index (χ1v) is 15.0. The minimum absolute atomic E-state index is 0.0286. The Hall–Kier alpha value is -3.31. The van der Waals surface area contributed by atoms with Gasteiger partial charge in [-0.2, -0.15) is 4.31 Å². The van der Waals surface area contributed by atoms with Crippen molar-refractivity contribution in [3.8, 4) is 5.75 Å². The third kappa shape index (κ3) is 9.93. The molecule has 41 heavy (non-hydrogen) atoms. The fraction of sp³-hybridized carbons (Fsp3) is 0.552. The highest BCUT2D eigenvalue weighted by atomic mass is 32.2. The van der Waals surface area contributed by atoms with Crippen LogP contribution in [0, 0.1) is 5.41 Å². The number of benzene rings is 2. The van der Waals surface area contributed by atoms with Crippen molar-refractivity contribution in [3.63, 3.8) is 0 Å². The third-order valence-electron chi connectivity index (χ3n) is 6.86. The lowest BCUT2D eigenvalue weighted by atomic mass is 9.87. The molecule has 0 fully saturated rings. The molecule has 0 aliphatic heterocycles. The maximum atomic E-state index is 14.0. The molecular formula is C29H43N5O6S. The molecule has 0 spiro atoms. The lowest BCUT2D eigenvalue weighted by Gasteiger charge is -2.43. The van der Waals surface area contributed by atoms with Crippen LogP contribution in [-0.2, 0) is 16.4 Å². The van der Waals surface area contributed by atoms with Crippen molar-refractivity contribution in [2.45, 2.75) is 76.5 Å². The molecule has 0 heterocycles. The Labute approximate surface area is 243 Å². The van der Waals surface area contributed by atoms with Gasteiger partial charge in [0.1, 0.15) is 5.75 Å². The monoisotopic (exact) mass is 589 g/mol. The minimum Gasteiger partial charge on any atom is -0.497 e. The average Bonchev–Trinajstić information content (AvgIpc) is 2.90. The number of sulfonamides is 1. The zero-order valence-electron chi connectivity index (χ0n) is 24.8. The zero-order chi connectivity index (χ0) is 30.8. The normalized spacial score (nSPS) is 13.8. The zero-order valence-corrected chi connectivity index (χ0v) is 25.6. The second kappa shape index (κ2) is 14.5. The van der Waals surface area contributed by atoms with Gasteiger partial charge in [0.15, 0.2) is 0 Å². The molecule has 0 unspecified atom stereocenters. The van der Waals surface area contributed by atoms with E-state index in [1.54, 1.807) is 32.9 Å². The average molecular weight is 590 g/mol. The summed E-state index contributed by atoms with van der Waals surface area (Å²) in [5.74, 6) is 0.499. The van der Waals surface area contributed by atoms with E-state index in [-0.39, 0.29) is 31.0 Å². The van der Waals surface area contributed by atoms with Gasteiger partial charge in [-0.25, -0.2) is 13.2 Å². The molecule has 0 aromatic heterocycles. The lowest BCUT2D eigenvalue weighted by Crippen LogP contribution is -2.59. The number of nitrogens with zero attached hydrogens (tertiary/aromatic N) is 5.